The van der Waals surface area contributed by atoms with Gasteiger partial charge in [0.05, 0.1) is 10.5 Å². The van der Waals surface area contributed by atoms with Crippen molar-refractivity contribution in [2.24, 2.45) is 0 Å². The molecule has 0 aliphatic rings. The highest BCUT2D eigenvalue weighted by Crippen LogP contribution is 2.31. The van der Waals surface area contributed by atoms with E-state index in [1.807, 2.05) is 0 Å². The van der Waals surface area contributed by atoms with Gasteiger partial charge in [-0.15, -0.1) is 0 Å². The molecule has 0 aliphatic heterocycles. The van der Waals surface area contributed by atoms with Crippen molar-refractivity contribution < 1.29 is 27.1 Å². The van der Waals surface area contributed by atoms with E-state index < -0.39 is 33.0 Å². The molecule has 3 aromatic rings. The molecule has 3 rings (SSSR count). The van der Waals surface area contributed by atoms with Crippen LogP contribution in [-0.4, -0.2) is 37.4 Å². The van der Waals surface area contributed by atoms with E-state index in [0.29, 0.717) is 24.9 Å². The fraction of sp³-hybridized carbons (Fsp3) is 0.238. The second-order valence-corrected chi connectivity index (χ2v) is 9.76. The first-order valence-corrected chi connectivity index (χ1v) is 12.3. The summed E-state index contributed by atoms with van der Waals surface area (Å²) in [5.74, 6) is -3.10. The summed E-state index contributed by atoms with van der Waals surface area (Å²) in [6.07, 6.45) is 1.95. The zero-order valence-electron chi connectivity index (χ0n) is 17.3. The number of benzene rings is 2. The van der Waals surface area contributed by atoms with Gasteiger partial charge in [0.25, 0.3) is 0 Å². The SMILES string of the molecule is Nc1nc(Nc2ccc(S(=O)(=O)NCCCCCO)cc2)sc1C(=O)c1c(F)cccc1F. The van der Waals surface area contributed by atoms with E-state index in [0.717, 1.165) is 29.5 Å². The number of unbranched alkanes of at least 4 members (excludes halogenated alkanes) is 2. The van der Waals surface area contributed by atoms with Crippen LogP contribution in [0.15, 0.2) is 47.4 Å². The molecule has 176 valence electrons. The number of rotatable bonds is 11. The molecule has 1 heterocycles. The average molecular weight is 497 g/mol. The highest BCUT2D eigenvalue weighted by atomic mass is 32.2. The van der Waals surface area contributed by atoms with Crippen molar-refractivity contribution in [3.05, 3.63) is 64.5 Å². The third kappa shape index (κ3) is 6.11. The first kappa shape index (κ1) is 24.7. The van der Waals surface area contributed by atoms with E-state index in [1.165, 1.54) is 24.3 Å². The number of nitrogens with one attached hydrogen (secondary N) is 2. The van der Waals surface area contributed by atoms with Gasteiger partial charge in [0, 0.05) is 18.8 Å². The molecule has 0 aliphatic carbocycles. The number of nitrogens with two attached hydrogens (primary N) is 1. The molecule has 0 saturated heterocycles. The minimum atomic E-state index is -3.68. The van der Waals surface area contributed by atoms with Gasteiger partial charge in [-0.25, -0.2) is 26.9 Å². The maximum absolute atomic E-state index is 13.9. The second-order valence-electron chi connectivity index (χ2n) is 6.99. The molecule has 33 heavy (non-hydrogen) atoms. The van der Waals surface area contributed by atoms with Crippen molar-refractivity contribution in [3.8, 4) is 0 Å². The predicted molar refractivity (Wildman–Crippen MR) is 122 cm³/mol. The van der Waals surface area contributed by atoms with Gasteiger partial charge in [-0.3, -0.25) is 4.79 Å². The van der Waals surface area contributed by atoms with Gasteiger partial charge in [0.15, 0.2) is 5.13 Å². The van der Waals surface area contributed by atoms with Gasteiger partial charge in [-0.2, -0.15) is 0 Å². The van der Waals surface area contributed by atoms with Gasteiger partial charge in [-0.05, 0) is 55.7 Å². The Hall–Kier alpha value is -2.93. The lowest BCUT2D eigenvalue weighted by Gasteiger charge is -2.08. The molecule has 0 radical (unpaired) electrons. The van der Waals surface area contributed by atoms with E-state index in [2.05, 4.69) is 15.0 Å². The van der Waals surface area contributed by atoms with Gasteiger partial charge >= 0.3 is 0 Å². The summed E-state index contributed by atoms with van der Waals surface area (Å²) in [7, 11) is -3.68. The van der Waals surface area contributed by atoms with Crippen molar-refractivity contribution in [2.45, 2.75) is 24.2 Å². The van der Waals surface area contributed by atoms with E-state index in [4.69, 9.17) is 10.8 Å². The van der Waals surface area contributed by atoms with Gasteiger partial charge < -0.3 is 16.2 Å². The van der Waals surface area contributed by atoms with Crippen molar-refractivity contribution in [1.29, 1.82) is 0 Å². The number of thiazole rings is 1. The molecule has 0 atom stereocenters. The summed E-state index contributed by atoms with van der Waals surface area (Å²) in [6.45, 7) is 0.335. The molecule has 12 heteroatoms. The predicted octanol–water partition coefficient (Wildman–Crippen LogP) is 3.42. The molecule has 0 spiro atoms. The van der Waals surface area contributed by atoms with Gasteiger partial charge in [-0.1, -0.05) is 17.4 Å². The van der Waals surface area contributed by atoms with E-state index in [-0.39, 0.29) is 33.9 Å². The molecule has 0 fully saturated rings. The van der Waals surface area contributed by atoms with E-state index >= 15 is 0 Å². The maximum Gasteiger partial charge on any atom is 0.240 e. The highest BCUT2D eigenvalue weighted by molar-refractivity contribution is 7.89. The number of nitrogen functional groups attached to an aromatic ring is 1. The third-order valence-corrected chi connectivity index (χ3v) is 7.05. The lowest BCUT2D eigenvalue weighted by molar-refractivity contribution is 0.103. The molecular weight excluding hydrogens is 474 g/mol. The Morgan fingerprint density at radius 1 is 1.06 bits per heavy atom. The van der Waals surface area contributed by atoms with Gasteiger partial charge in [0.2, 0.25) is 15.8 Å². The molecule has 0 amide bonds. The summed E-state index contributed by atoms with van der Waals surface area (Å²) >= 11 is 0.823. The number of halogens is 2. The Bertz CT molecular complexity index is 1210. The van der Waals surface area contributed by atoms with Crippen LogP contribution in [0.5, 0.6) is 0 Å². The smallest absolute Gasteiger partial charge is 0.240 e. The Kier molecular flexibility index (Phi) is 8.08. The lowest BCUT2D eigenvalue weighted by Crippen LogP contribution is -2.24. The first-order valence-electron chi connectivity index (χ1n) is 9.95. The molecule has 1 aromatic heterocycles. The number of sulfonamides is 1. The number of carbonyl (C=O) groups is 1. The summed E-state index contributed by atoms with van der Waals surface area (Å²) in [4.78, 5) is 16.5. The van der Waals surface area contributed by atoms with Crippen LogP contribution in [0.2, 0.25) is 0 Å². The quantitative estimate of drug-likeness (QED) is 0.236. The van der Waals surface area contributed by atoms with E-state index in [9.17, 15) is 22.0 Å². The topological polar surface area (TPSA) is 134 Å². The molecule has 0 unspecified atom stereocenters. The van der Waals surface area contributed by atoms with Crippen LogP contribution in [0.3, 0.4) is 0 Å². The number of ketones is 1. The number of aliphatic hydroxyl groups excluding tert-OH is 1. The van der Waals surface area contributed by atoms with Crippen LogP contribution in [-0.2, 0) is 10.0 Å². The first-order chi connectivity index (χ1) is 15.7. The molecule has 2 aromatic carbocycles. The summed E-state index contributed by atoms with van der Waals surface area (Å²) in [5, 5.41) is 11.8. The van der Waals surface area contributed by atoms with Crippen LogP contribution in [0.4, 0.5) is 25.4 Å². The van der Waals surface area contributed by atoms with Crippen LogP contribution >= 0.6 is 11.3 Å². The molecule has 0 saturated carbocycles. The minimum Gasteiger partial charge on any atom is -0.396 e. The number of aliphatic hydroxyl groups is 1. The Labute approximate surface area is 193 Å². The number of anilines is 3. The number of nitrogens with zero attached hydrogens (tertiary/aromatic N) is 1. The molecular formula is C21H22F2N4O4S2. The molecule has 8 nitrogen and oxygen atoms in total. The Balaban J connectivity index is 1.69. The summed E-state index contributed by atoms with van der Waals surface area (Å²) in [6, 6.07) is 8.93. The maximum atomic E-state index is 13.9. The standard InChI is InChI=1S/C21H22F2N4O4S2/c22-15-5-4-6-16(23)17(15)18(29)19-20(24)27-21(32-19)26-13-7-9-14(10-8-13)33(30,31)25-11-2-1-3-12-28/h4-10,25,28H,1-3,11-12,24H2,(H,26,27). The van der Waals surface area contributed by atoms with Crippen LogP contribution in [0.1, 0.15) is 34.5 Å². The van der Waals surface area contributed by atoms with Gasteiger partial charge in [0.1, 0.15) is 22.3 Å². The Morgan fingerprint density at radius 3 is 2.36 bits per heavy atom. The van der Waals surface area contributed by atoms with Crippen LogP contribution < -0.4 is 15.8 Å². The number of hydrogen-bond donors (Lipinski definition) is 4. The van der Waals surface area contributed by atoms with Crippen molar-refractivity contribution in [1.82, 2.24) is 9.71 Å². The Morgan fingerprint density at radius 2 is 1.73 bits per heavy atom. The lowest BCUT2D eigenvalue weighted by atomic mass is 10.1. The van der Waals surface area contributed by atoms with Crippen molar-refractivity contribution in [3.63, 3.8) is 0 Å². The summed E-state index contributed by atoms with van der Waals surface area (Å²) in [5.41, 5.74) is 5.55. The third-order valence-electron chi connectivity index (χ3n) is 4.59. The normalized spacial score (nSPS) is 11.5. The van der Waals surface area contributed by atoms with Crippen molar-refractivity contribution in [2.75, 3.05) is 24.2 Å². The zero-order valence-corrected chi connectivity index (χ0v) is 19.0. The fourth-order valence-electron chi connectivity index (χ4n) is 2.92. The summed E-state index contributed by atoms with van der Waals surface area (Å²) < 4.78 is 55.1. The zero-order chi connectivity index (χ0) is 24.0. The van der Waals surface area contributed by atoms with Crippen LogP contribution in [0, 0.1) is 11.6 Å². The van der Waals surface area contributed by atoms with Crippen LogP contribution in [0.25, 0.3) is 0 Å². The highest BCUT2D eigenvalue weighted by Gasteiger charge is 2.24. The number of hydrogen-bond acceptors (Lipinski definition) is 8. The molecule has 5 N–H and O–H groups in total. The monoisotopic (exact) mass is 496 g/mol. The second kappa shape index (κ2) is 10.8. The average Bonchev–Trinajstić information content (AvgIpc) is 3.13. The number of carbonyl (C=O) groups excluding carboxylic acids is 1. The molecule has 0 bridgehead atoms. The van der Waals surface area contributed by atoms with E-state index in [1.54, 1.807) is 0 Å². The van der Waals surface area contributed by atoms with Crippen molar-refractivity contribution >= 4 is 43.8 Å². The largest absolute Gasteiger partial charge is 0.396 e. The number of aromatic nitrogens is 1. The minimum absolute atomic E-state index is 0.0692. The fourth-order valence-corrected chi connectivity index (χ4v) is 4.85.